The zero-order chi connectivity index (χ0) is 22.7. The van der Waals surface area contributed by atoms with Crippen LogP contribution in [0.1, 0.15) is 10.4 Å². The van der Waals surface area contributed by atoms with Crippen molar-refractivity contribution in [2.75, 3.05) is 16.7 Å². The van der Waals surface area contributed by atoms with Crippen LogP contribution in [-0.4, -0.2) is 31.3 Å². The fourth-order valence-corrected chi connectivity index (χ4v) is 5.33. The molecule has 0 aliphatic heterocycles. The number of carbonyl (C=O) groups is 1. The number of halogens is 1. The number of thiazole rings is 1. The molecule has 10 heteroatoms. The Bertz CT molecular complexity index is 1360. The molecule has 0 fully saturated rings. The molecule has 7 nitrogen and oxygen atoms in total. The molecule has 0 atom stereocenters. The van der Waals surface area contributed by atoms with Gasteiger partial charge in [0.1, 0.15) is 4.90 Å². The molecule has 0 bridgehead atoms. The highest BCUT2D eigenvalue weighted by atomic mass is 35.5. The molecule has 162 valence electrons. The van der Waals surface area contributed by atoms with Crippen molar-refractivity contribution < 1.29 is 13.2 Å². The van der Waals surface area contributed by atoms with E-state index in [2.05, 4.69) is 15.3 Å². The van der Waals surface area contributed by atoms with Gasteiger partial charge in [0.2, 0.25) is 0 Å². The molecule has 4 aromatic rings. The van der Waals surface area contributed by atoms with Crippen LogP contribution >= 0.6 is 22.9 Å². The Labute approximate surface area is 194 Å². The normalized spacial score (nSPS) is 11.2. The molecular formula is C22H17ClN4O3S2. The topological polar surface area (TPSA) is 92.3 Å². The van der Waals surface area contributed by atoms with Gasteiger partial charge < -0.3 is 0 Å². The van der Waals surface area contributed by atoms with Crippen molar-refractivity contribution in [1.29, 1.82) is 0 Å². The van der Waals surface area contributed by atoms with Crippen LogP contribution in [0.4, 0.5) is 10.8 Å². The van der Waals surface area contributed by atoms with Crippen LogP contribution in [0.3, 0.4) is 0 Å². The Balaban J connectivity index is 1.59. The van der Waals surface area contributed by atoms with Crippen LogP contribution in [0, 0.1) is 0 Å². The predicted octanol–water partition coefficient (Wildman–Crippen LogP) is 4.94. The van der Waals surface area contributed by atoms with E-state index in [1.807, 2.05) is 17.5 Å². The third-order valence-electron chi connectivity index (χ3n) is 4.65. The number of nitrogens with zero attached hydrogens (tertiary/aromatic N) is 3. The number of amides is 1. The summed E-state index contributed by atoms with van der Waals surface area (Å²) in [5.41, 5.74) is 2.21. The van der Waals surface area contributed by atoms with E-state index in [1.54, 1.807) is 42.7 Å². The van der Waals surface area contributed by atoms with Crippen molar-refractivity contribution in [3.05, 3.63) is 89.0 Å². The van der Waals surface area contributed by atoms with E-state index in [1.165, 1.54) is 36.6 Å². The van der Waals surface area contributed by atoms with Crippen LogP contribution < -0.4 is 9.62 Å². The fourth-order valence-electron chi connectivity index (χ4n) is 2.92. The highest BCUT2D eigenvalue weighted by Crippen LogP contribution is 2.29. The second-order valence-electron chi connectivity index (χ2n) is 6.68. The summed E-state index contributed by atoms with van der Waals surface area (Å²) < 4.78 is 27.4. The Morgan fingerprint density at radius 3 is 2.50 bits per heavy atom. The number of nitrogens with one attached hydrogen (secondary N) is 1. The average Bonchev–Trinajstić information content (AvgIpc) is 3.28. The van der Waals surface area contributed by atoms with Crippen molar-refractivity contribution in [2.45, 2.75) is 4.90 Å². The summed E-state index contributed by atoms with van der Waals surface area (Å²) in [6.45, 7) is 0. The molecule has 2 aromatic carbocycles. The van der Waals surface area contributed by atoms with Gasteiger partial charge in [-0.15, -0.1) is 11.3 Å². The van der Waals surface area contributed by atoms with Gasteiger partial charge in [0.25, 0.3) is 15.9 Å². The van der Waals surface area contributed by atoms with Crippen molar-refractivity contribution in [1.82, 2.24) is 9.97 Å². The van der Waals surface area contributed by atoms with E-state index >= 15 is 0 Å². The molecule has 0 aliphatic carbocycles. The van der Waals surface area contributed by atoms with E-state index in [9.17, 15) is 13.2 Å². The summed E-state index contributed by atoms with van der Waals surface area (Å²) in [5, 5.41) is 4.94. The standard InChI is InChI=1S/C22H17ClN4O3S2/c1-27(17-5-3-2-4-6-17)32(29,30)20-13-16(7-8-18(20)23)21(28)26-22-25-19(14-31-22)15-9-11-24-12-10-15/h2-14H,1H3,(H,25,26,28). The first-order valence-corrected chi connectivity index (χ1v) is 12.1. The van der Waals surface area contributed by atoms with Crippen molar-refractivity contribution in [3.8, 4) is 11.3 Å². The van der Waals surface area contributed by atoms with Gasteiger partial charge in [-0.3, -0.25) is 19.4 Å². The lowest BCUT2D eigenvalue weighted by Crippen LogP contribution is -2.27. The molecule has 2 aromatic heterocycles. The highest BCUT2D eigenvalue weighted by Gasteiger charge is 2.25. The Morgan fingerprint density at radius 1 is 1.06 bits per heavy atom. The van der Waals surface area contributed by atoms with E-state index in [0.29, 0.717) is 16.5 Å². The second-order valence-corrected chi connectivity index (χ2v) is 9.88. The number of anilines is 2. The lowest BCUT2D eigenvalue weighted by molar-refractivity contribution is 0.102. The van der Waals surface area contributed by atoms with Crippen molar-refractivity contribution >= 4 is 49.7 Å². The van der Waals surface area contributed by atoms with Crippen molar-refractivity contribution in [3.63, 3.8) is 0 Å². The number of para-hydroxylation sites is 1. The maximum Gasteiger partial charge on any atom is 0.265 e. The summed E-state index contributed by atoms with van der Waals surface area (Å²) in [6, 6.07) is 16.4. The summed E-state index contributed by atoms with van der Waals surface area (Å²) in [7, 11) is -2.55. The molecular weight excluding hydrogens is 468 g/mol. The van der Waals surface area contributed by atoms with Gasteiger partial charge >= 0.3 is 0 Å². The number of hydrogen-bond acceptors (Lipinski definition) is 6. The van der Waals surface area contributed by atoms with Crippen LogP contribution in [0.25, 0.3) is 11.3 Å². The molecule has 0 saturated heterocycles. The number of aromatic nitrogens is 2. The third kappa shape index (κ3) is 4.50. The van der Waals surface area contributed by atoms with Crippen molar-refractivity contribution in [2.24, 2.45) is 0 Å². The van der Waals surface area contributed by atoms with E-state index in [4.69, 9.17) is 11.6 Å². The SMILES string of the molecule is CN(c1ccccc1)S(=O)(=O)c1cc(C(=O)Nc2nc(-c3ccncc3)cs2)ccc1Cl. The van der Waals surface area contributed by atoms with E-state index in [0.717, 1.165) is 9.87 Å². The Morgan fingerprint density at radius 2 is 1.78 bits per heavy atom. The van der Waals surface area contributed by atoms with Crippen LogP contribution in [0.5, 0.6) is 0 Å². The van der Waals surface area contributed by atoms with Crippen LogP contribution in [-0.2, 0) is 10.0 Å². The van der Waals surface area contributed by atoms with Gasteiger partial charge in [-0.1, -0.05) is 29.8 Å². The van der Waals surface area contributed by atoms with Crippen LogP contribution in [0.15, 0.2) is 83.3 Å². The number of hydrogen-bond donors (Lipinski definition) is 1. The molecule has 32 heavy (non-hydrogen) atoms. The van der Waals surface area contributed by atoms with E-state index < -0.39 is 15.9 Å². The van der Waals surface area contributed by atoms with Crippen LogP contribution in [0.2, 0.25) is 5.02 Å². The van der Waals surface area contributed by atoms with Gasteiger partial charge in [0.05, 0.1) is 16.4 Å². The number of pyridine rings is 1. The molecule has 0 aliphatic rings. The number of rotatable bonds is 6. The molecule has 0 spiro atoms. The summed E-state index contributed by atoms with van der Waals surface area (Å²) in [5.74, 6) is -0.490. The minimum Gasteiger partial charge on any atom is -0.298 e. The molecule has 0 saturated carbocycles. The summed E-state index contributed by atoms with van der Waals surface area (Å²) >= 11 is 7.46. The van der Waals surface area contributed by atoms with Gasteiger partial charge in [-0.05, 0) is 42.5 Å². The first-order valence-electron chi connectivity index (χ1n) is 9.37. The smallest absolute Gasteiger partial charge is 0.265 e. The quantitative estimate of drug-likeness (QED) is 0.418. The third-order valence-corrected chi connectivity index (χ3v) is 7.68. The fraction of sp³-hybridized carbons (Fsp3) is 0.0455. The number of benzene rings is 2. The number of sulfonamides is 1. The van der Waals surface area contributed by atoms with Gasteiger partial charge in [-0.2, -0.15) is 0 Å². The highest BCUT2D eigenvalue weighted by molar-refractivity contribution is 7.93. The summed E-state index contributed by atoms with van der Waals surface area (Å²) in [6.07, 6.45) is 3.32. The zero-order valence-electron chi connectivity index (χ0n) is 16.8. The minimum absolute atomic E-state index is 0.0264. The molecule has 0 radical (unpaired) electrons. The first-order chi connectivity index (χ1) is 15.4. The maximum absolute atomic E-state index is 13.1. The largest absolute Gasteiger partial charge is 0.298 e. The number of carbonyl (C=O) groups excluding carboxylic acids is 1. The Kier molecular flexibility index (Phi) is 6.22. The second kappa shape index (κ2) is 9.07. The minimum atomic E-state index is -3.98. The lowest BCUT2D eigenvalue weighted by Gasteiger charge is -2.20. The molecule has 1 N–H and O–H groups in total. The van der Waals surface area contributed by atoms with Gasteiger partial charge in [0, 0.05) is 35.9 Å². The monoisotopic (exact) mass is 484 g/mol. The zero-order valence-corrected chi connectivity index (χ0v) is 19.2. The van der Waals surface area contributed by atoms with Gasteiger partial charge in [-0.25, -0.2) is 13.4 Å². The Hall–Kier alpha value is -3.27. The predicted molar refractivity (Wildman–Crippen MR) is 127 cm³/mol. The molecule has 2 heterocycles. The molecule has 0 unspecified atom stereocenters. The van der Waals surface area contributed by atoms with Gasteiger partial charge in [0.15, 0.2) is 5.13 Å². The first kappa shape index (κ1) is 21.9. The van der Waals surface area contributed by atoms with E-state index in [-0.39, 0.29) is 15.5 Å². The molecule has 1 amide bonds. The average molecular weight is 485 g/mol. The lowest BCUT2D eigenvalue weighted by atomic mass is 10.2. The molecule has 4 rings (SSSR count). The maximum atomic E-state index is 13.1. The summed E-state index contributed by atoms with van der Waals surface area (Å²) in [4.78, 5) is 21.0.